The molecule has 0 saturated carbocycles. The van der Waals surface area contributed by atoms with E-state index in [0.717, 1.165) is 18.5 Å². The molecule has 100 valence electrons. The third kappa shape index (κ3) is 4.02. The van der Waals surface area contributed by atoms with Crippen LogP contribution in [0.5, 0.6) is 0 Å². The number of nitrogens with zero attached hydrogens (tertiary/aromatic N) is 1. The summed E-state index contributed by atoms with van der Waals surface area (Å²) in [6.45, 7) is 8.08. The number of anilines is 1. The molecule has 0 saturated heterocycles. The highest BCUT2D eigenvalue weighted by atomic mass is 16.1. The first-order valence-electron chi connectivity index (χ1n) is 6.37. The molecule has 0 aliphatic rings. The molecule has 4 nitrogen and oxygen atoms in total. The number of pyridine rings is 1. The van der Waals surface area contributed by atoms with E-state index < -0.39 is 0 Å². The second-order valence-electron chi connectivity index (χ2n) is 5.22. The number of carbonyl (C=O) groups is 1. The van der Waals surface area contributed by atoms with Gasteiger partial charge in [0.25, 0.3) is 5.91 Å². The molecule has 1 amide bonds. The summed E-state index contributed by atoms with van der Waals surface area (Å²) >= 11 is 0. The Morgan fingerprint density at radius 3 is 2.61 bits per heavy atom. The normalized spacial score (nSPS) is 11.2. The summed E-state index contributed by atoms with van der Waals surface area (Å²) in [4.78, 5) is 16.5. The lowest BCUT2D eigenvalue weighted by Crippen LogP contribution is -2.43. The Kier molecular flexibility index (Phi) is 4.70. The maximum atomic E-state index is 12.2. The summed E-state index contributed by atoms with van der Waals surface area (Å²) in [6.07, 6.45) is 2.01. The zero-order chi connectivity index (χ0) is 13.8. The summed E-state index contributed by atoms with van der Waals surface area (Å²) < 4.78 is 0. The van der Waals surface area contributed by atoms with Gasteiger partial charge in [-0.2, -0.15) is 0 Å². The van der Waals surface area contributed by atoms with Crippen LogP contribution in [0.1, 0.15) is 49.7 Å². The topological polar surface area (TPSA) is 54.0 Å². The first kappa shape index (κ1) is 14.5. The van der Waals surface area contributed by atoms with E-state index in [0.29, 0.717) is 11.4 Å². The lowest BCUT2D eigenvalue weighted by atomic mass is 9.98. The molecule has 1 aromatic rings. The lowest BCUT2D eigenvalue weighted by molar-refractivity contribution is 0.0909. The zero-order valence-corrected chi connectivity index (χ0v) is 11.9. The number of nitrogens with one attached hydrogen (secondary N) is 2. The molecule has 18 heavy (non-hydrogen) atoms. The fourth-order valence-electron chi connectivity index (χ4n) is 1.99. The van der Waals surface area contributed by atoms with Crippen molar-refractivity contribution in [2.24, 2.45) is 0 Å². The van der Waals surface area contributed by atoms with Gasteiger partial charge in [-0.15, -0.1) is 0 Å². The summed E-state index contributed by atoms with van der Waals surface area (Å²) in [5.74, 6) is 0.670. The molecule has 2 N–H and O–H groups in total. The number of carbonyl (C=O) groups excluding carboxylic acids is 1. The van der Waals surface area contributed by atoms with Gasteiger partial charge in [0.1, 0.15) is 5.82 Å². The van der Waals surface area contributed by atoms with E-state index in [1.54, 1.807) is 19.2 Å². The van der Waals surface area contributed by atoms with Crippen LogP contribution >= 0.6 is 0 Å². The number of amides is 1. The first-order chi connectivity index (χ1) is 8.38. The second-order valence-corrected chi connectivity index (χ2v) is 5.22. The minimum atomic E-state index is -0.178. The molecule has 1 aromatic heterocycles. The largest absolute Gasteiger partial charge is 0.373 e. The van der Waals surface area contributed by atoms with Crippen LogP contribution in [0.2, 0.25) is 0 Å². The number of hydrogen-bond acceptors (Lipinski definition) is 3. The molecular formula is C14H23N3O. The predicted octanol–water partition coefficient (Wildman–Crippen LogP) is 2.74. The van der Waals surface area contributed by atoms with Crippen LogP contribution in [0.4, 0.5) is 5.82 Å². The quantitative estimate of drug-likeness (QED) is 0.843. The fourth-order valence-corrected chi connectivity index (χ4v) is 1.99. The summed E-state index contributed by atoms with van der Waals surface area (Å²) in [5.41, 5.74) is 1.30. The predicted molar refractivity (Wildman–Crippen MR) is 75.0 cm³/mol. The number of rotatable bonds is 5. The van der Waals surface area contributed by atoms with Gasteiger partial charge in [-0.1, -0.05) is 13.3 Å². The van der Waals surface area contributed by atoms with Gasteiger partial charge in [0.2, 0.25) is 0 Å². The third-order valence-corrected chi connectivity index (χ3v) is 2.80. The summed E-state index contributed by atoms with van der Waals surface area (Å²) in [5, 5.41) is 6.02. The van der Waals surface area contributed by atoms with Crippen LogP contribution in [-0.2, 0) is 0 Å². The summed E-state index contributed by atoms with van der Waals surface area (Å²) in [7, 11) is 1.80. The highest BCUT2D eigenvalue weighted by Crippen LogP contribution is 2.14. The van der Waals surface area contributed by atoms with Gasteiger partial charge >= 0.3 is 0 Å². The fraction of sp³-hybridized carbons (Fsp3) is 0.571. The van der Waals surface area contributed by atoms with E-state index in [2.05, 4.69) is 22.5 Å². The molecular weight excluding hydrogens is 226 g/mol. The van der Waals surface area contributed by atoms with Gasteiger partial charge in [0.15, 0.2) is 0 Å². The summed E-state index contributed by atoms with van der Waals surface area (Å²) in [6, 6.07) is 3.57. The minimum Gasteiger partial charge on any atom is -0.373 e. The van der Waals surface area contributed by atoms with Gasteiger partial charge in [-0.05, 0) is 39.3 Å². The van der Waals surface area contributed by atoms with Gasteiger partial charge in [-0.3, -0.25) is 4.79 Å². The van der Waals surface area contributed by atoms with Crippen molar-refractivity contribution in [3.63, 3.8) is 0 Å². The molecule has 0 bridgehead atoms. The van der Waals surface area contributed by atoms with E-state index in [1.165, 1.54) is 0 Å². The van der Waals surface area contributed by atoms with Crippen LogP contribution in [0.15, 0.2) is 12.1 Å². The van der Waals surface area contributed by atoms with Crippen LogP contribution in [-0.4, -0.2) is 23.5 Å². The molecule has 0 atom stereocenters. The molecule has 4 heteroatoms. The zero-order valence-electron chi connectivity index (χ0n) is 11.9. The van der Waals surface area contributed by atoms with Crippen molar-refractivity contribution in [3.05, 3.63) is 23.4 Å². The van der Waals surface area contributed by atoms with Crippen molar-refractivity contribution in [3.8, 4) is 0 Å². The maximum Gasteiger partial charge on any atom is 0.251 e. The monoisotopic (exact) mass is 249 g/mol. The Morgan fingerprint density at radius 1 is 1.39 bits per heavy atom. The number of hydrogen-bond donors (Lipinski definition) is 2. The van der Waals surface area contributed by atoms with Gasteiger partial charge in [-0.25, -0.2) is 4.98 Å². The van der Waals surface area contributed by atoms with E-state index in [9.17, 15) is 4.79 Å². The number of aromatic nitrogens is 1. The van der Waals surface area contributed by atoms with E-state index in [1.807, 2.05) is 20.8 Å². The van der Waals surface area contributed by atoms with Crippen LogP contribution < -0.4 is 10.6 Å². The van der Waals surface area contributed by atoms with Gasteiger partial charge in [0.05, 0.1) is 0 Å². The Labute approximate surface area is 109 Å². The van der Waals surface area contributed by atoms with E-state index in [-0.39, 0.29) is 11.4 Å². The molecule has 0 unspecified atom stereocenters. The van der Waals surface area contributed by atoms with Crippen molar-refractivity contribution < 1.29 is 4.79 Å². The maximum absolute atomic E-state index is 12.2. The van der Waals surface area contributed by atoms with Crippen LogP contribution in [0.3, 0.4) is 0 Å². The van der Waals surface area contributed by atoms with Gasteiger partial charge < -0.3 is 10.6 Å². The molecule has 0 aliphatic carbocycles. The Hall–Kier alpha value is -1.58. The molecule has 0 radical (unpaired) electrons. The van der Waals surface area contributed by atoms with Crippen molar-refractivity contribution in [2.75, 3.05) is 12.4 Å². The molecule has 0 aliphatic heterocycles. The standard InChI is InChI=1S/C14H23N3O/c1-6-7-14(3,4)17-13(18)11-8-10(2)16-12(9-11)15-5/h8-9H,6-7H2,1-5H3,(H,15,16)(H,17,18). The molecule has 0 spiro atoms. The molecule has 1 heterocycles. The molecule has 1 rings (SSSR count). The van der Waals surface area contributed by atoms with Crippen molar-refractivity contribution >= 4 is 11.7 Å². The third-order valence-electron chi connectivity index (χ3n) is 2.80. The Balaban J connectivity index is 2.87. The minimum absolute atomic E-state index is 0.0459. The molecule has 0 aromatic carbocycles. The highest BCUT2D eigenvalue weighted by molar-refractivity contribution is 5.95. The lowest BCUT2D eigenvalue weighted by Gasteiger charge is -2.25. The van der Waals surface area contributed by atoms with E-state index >= 15 is 0 Å². The van der Waals surface area contributed by atoms with Crippen molar-refractivity contribution in [2.45, 2.75) is 46.1 Å². The SMILES string of the molecule is CCCC(C)(C)NC(=O)c1cc(C)nc(NC)c1. The first-order valence-corrected chi connectivity index (χ1v) is 6.37. The molecule has 0 fully saturated rings. The Bertz CT molecular complexity index is 427. The van der Waals surface area contributed by atoms with E-state index in [4.69, 9.17) is 0 Å². The Morgan fingerprint density at radius 2 is 2.06 bits per heavy atom. The van der Waals surface area contributed by atoms with Crippen molar-refractivity contribution in [1.82, 2.24) is 10.3 Å². The van der Waals surface area contributed by atoms with Crippen LogP contribution in [0.25, 0.3) is 0 Å². The highest BCUT2D eigenvalue weighted by Gasteiger charge is 2.20. The number of aryl methyl sites for hydroxylation is 1. The smallest absolute Gasteiger partial charge is 0.251 e. The second kappa shape index (κ2) is 5.85. The average molecular weight is 249 g/mol. The van der Waals surface area contributed by atoms with Crippen LogP contribution in [0, 0.1) is 6.92 Å². The average Bonchev–Trinajstić information content (AvgIpc) is 2.27. The van der Waals surface area contributed by atoms with Crippen molar-refractivity contribution in [1.29, 1.82) is 0 Å². The van der Waals surface area contributed by atoms with Gasteiger partial charge in [0, 0.05) is 23.8 Å².